The molecule has 7 nitrogen and oxygen atoms in total. The summed E-state index contributed by atoms with van der Waals surface area (Å²) in [6.07, 6.45) is 9.23. The van der Waals surface area contributed by atoms with Crippen molar-refractivity contribution < 1.29 is 0 Å². The molecule has 0 fully saturated rings. The molecule has 2 aromatic heterocycles. The zero-order chi connectivity index (χ0) is 21.7. The van der Waals surface area contributed by atoms with Crippen molar-refractivity contribution >= 4 is 17.5 Å². The van der Waals surface area contributed by atoms with E-state index in [9.17, 15) is 0 Å². The number of hydrogen-bond donors (Lipinski definition) is 2. The van der Waals surface area contributed by atoms with Crippen LogP contribution in [0.4, 0.5) is 11.4 Å². The fourth-order valence-corrected chi connectivity index (χ4v) is 4.82. The van der Waals surface area contributed by atoms with Crippen LogP contribution in [0, 0.1) is 6.92 Å². The molecule has 2 aromatic carbocycles. The average molecular weight is 424 g/mol. The number of para-hydroxylation sites is 1. The zero-order valence-corrected chi connectivity index (χ0v) is 18.2. The molecule has 0 spiro atoms. The molecular formula is C25H25N7. The van der Waals surface area contributed by atoms with E-state index < -0.39 is 0 Å². The highest BCUT2D eigenvalue weighted by molar-refractivity contribution is 5.82. The molecule has 160 valence electrons. The first-order chi connectivity index (χ1) is 15.7. The third kappa shape index (κ3) is 3.09. The highest BCUT2D eigenvalue weighted by Crippen LogP contribution is 2.40. The Morgan fingerprint density at radius 2 is 2.09 bits per heavy atom. The number of anilines is 2. The lowest BCUT2D eigenvalue weighted by Crippen LogP contribution is -2.15. The van der Waals surface area contributed by atoms with E-state index in [1.165, 1.54) is 27.9 Å². The van der Waals surface area contributed by atoms with E-state index in [1.807, 2.05) is 29.5 Å². The molecule has 0 amide bonds. The van der Waals surface area contributed by atoms with Crippen LogP contribution in [0.3, 0.4) is 0 Å². The predicted octanol–water partition coefficient (Wildman–Crippen LogP) is 4.65. The molecule has 0 saturated carbocycles. The van der Waals surface area contributed by atoms with E-state index in [-0.39, 0.29) is 6.04 Å². The number of nitrogens with zero attached hydrogens (tertiary/aromatic N) is 5. The highest BCUT2D eigenvalue weighted by Gasteiger charge is 2.26. The van der Waals surface area contributed by atoms with Gasteiger partial charge in [0.05, 0.1) is 35.0 Å². The van der Waals surface area contributed by atoms with Gasteiger partial charge < -0.3 is 10.6 Å². The molecule has 0 aliphatic carbocycles. The number of aryl methyl sites for hydroxylation is 3. The second-order valence-corrected chi connectivity index (χ2v) is 8.49. The molecule has 6 rings (SSSR count). The Kier molecular flexibility index (Phi) is 4.35. The van der Waals surface area contributed by atoms with Gasteiger partial charge >= 0.3 is 0 Å². The number of nitrogens with one attached hydrogen (secondary N) is 2. The van der Waals surface area contributed by atoms with E-state index in [4.69, 9.17) is 0 Å². The Labute approximate surface area is 186 Å². The van der Waals surface area contributed by atoms with Crippen molar-refractivity contribution in [2.45, 2.75) is 25.9 Å². The molecule has 4 heterocycles. The average Bonchev–Trinajstić information content (AvgIpc) is 3.37. The minimum atomic E-state index is 0.141. The summed E-state index contributed by atoms with van der Waals surface area (Å²) in [7, 11) is 1.95. The van der Waals surface area contributed by atoms with Gasteiger partial charge in [-0.2, -0.15) is 5.10 Å². The fraction of sp³-hybridized carbons (Fsp3) is 0.240. The number of rotatable bonds is 3. The largest absolute Gasteiger partial charge is 0.379 e. The molecular weight excluding hydrogens is 398 g/mol. The van der Waals surface area contributed by atoms with Crippen LogP contribution in [0.2, 0.25) is 0 Å². The van der Waals surface area contributed by atoms with E-state index in [0.29, 0.717) is 0 Å². The first kappa shape index (κ1) is 18.9. The second-order valence-electron chi connectivity index (χ2n) is 8.49. The molecule has 1 atom stereocenters. The van der Waals surface area contributed by atoms with Crippen LogP contribution in [-0.2, 0) is 13.6 Å². The van der Waals surface area contributed by atoms with E-state index in [1.54, 1.807) is 0 Å². The monoisotopic (exact) mass is 423 g/mol. The molecule has 2 aliphatic rings. The molecule has 2 N–H and O–H groups in total. The summed E-state index contributed by atoms with van der Waals surface area (Å²) in [5, 5.41) is 20.5. The van der Waals surface area contributed by atoms with Crippen molar-refractivity contribution in [3.05, 3.63) is 71.7 Å². The third-order valence-corrected chi connectivity index (χ3v) is 6.37. The quantitative estimate of drug-likeness (QED) is 0.502. The van der Waals surface area contributed by atoms with Crippen molar-refractivity contribution in [3.63, 3.8) is 0 Å². The smallest absolute Gasteiger partial charge is 0.0918 e. The number of hydrogen-bond acceptors (Lipinski definition) is 5. The summed E-state index contributed by atoms with van der Waals surface area (Å²) in [6.45, 7) is 3.70. The Bertz CT molecular complexity index is 1340. The van der Waals surface area contributed by atoms with E-state index in [2.05, 4.69) is 80.8 Å². The Morgan fingerprint density at radius 1 is 1.16 bits per heavy atom. The SMILES string of the molecule is Cc1nnn2c1-c1ccc(-c3cnn(C)c3)cc1C(Nc1cccc3c1NCC=C3)CC2. The highest BCUT2D eigenvalue weighted by atomic mass is 15.4. The lowest BCUT2D eigenvalue weighted by molar-refractivity contribution is 0.539. The Hall–Kier alpha value is -3.87. The summed E-state index contributed by atoms with van der Waals surface area (Å²) in [4.78, 5) is 0. The van der Waals surface area contributed by atoms with Crippen LogP contribution < -0.4 is 10.6 Å². The predicted molar refractivity (Wildman–Crippen MR) is 127 cm³/mol. The number of aromatic nitrogens is 5. The van der Waals surface area contributed by atoms with Crippen LogP contribution in [-0.4, -0.2) is 31.3 Å². The van der Waals surface area contributed by atoms with Crippen molar-refractivity contribution in [2.24, 2.45) is 7.05 Å². The molecule has 0 radical (unpaired) electrons. The van der Waals surface area contributed by atoms with Gasteiger partial charge in [0.15, 0.2) is 0 Å². The molecule has 7 heteroatoms. The van der Waals surface area contributed by atoms with Crippen molar-refractivity contribution in [2.75, 3.05) is 17.2 Å². The van der Waals surface area contributed by atoms with Crippen LogP contribution in [0.1, 0.15) is 29.3 Å². The van der Waals surface area contributed by atoms with Gasteiger partial charge in [0.1, 0.15) is 0 Å². The first-order valence-corrected chi connectivity index (χ1v) is 11.0. The van der Waals surface area contributed by atoms with Gasteiger partial charge in [0.25, 0.3) is 0 Å². The summed E-state index contributed by atoms with van der Waals surface area (Å²) >= 11 is 0. The molecule has 1 unspecified atom stereocenters. The molecule has 4 aromatic rings. The molecule has 0 saturated heterocycles. The van der Waals surface area contributed by atoms with Gasteiger partial charge in [-0.05, 0) is 42.2 Å². The normalized spacial score (nSPS) is 16.5. The summed E-state index contributed by atoms with van der Waals surface area (Å²) in [5.41, 5.74) is 10.3. The fourth-order valence-electron chi connectivity index (χ4n) is 4.82. The standard InChI is InChI=1S/C25H25N7/c1-16-25-20-9-8-18(19-14-27-31(2)15-19)13-21(20)22(10-12-32(25)30-29-16)28-23-7-3-5-17-6-4-11-26-24(17)23/h3-9,13-15,22,26,28H,10-12H2,1-2H3. The van der Waals surface area contributed by atoms with E-state index >= 15 is 0 Å². The number of fused-ring (bicyclic) bond motifs is 4. The van der Waals surface area contributed by atoms with Gasteiger partial charge in [0, 0.05) is 37.5 Å². The molecule has 32 heavy (non-hydrogen) atoms. The van der Waals surface area contributed by atoms with Crippen molar-refractivity contribution in [1.82, 2.24) is 24.8 Å². The third-order valence-electron chi connectivity index (χ3n) is 6.37. The lowest BCUT2D eigenvalue weighted by atomic mass is 9.92. The summed E-state index contributed by atoms with van der Waals surface area (Å²) in [5.74, 6) is 0. The minimum absolute atomic E-state index is 0.141. The maximum absolute atomic E-state index is 4.41. The minimum Gasteiger partial charge on any atom is -0.379 e. The van der Waals surface area contributed by atoms with Crippen LogP contribution >= 0.6 is 0 Å². The van der Waals surface area contributed by atoms with Crippen LogP contribution in [0.5, 0.6) is 0 Å². The van der Waals surface area contributed by atoms with Gasteiger partial charge in [0.2, 0.25) is 0 Å². The lowest BCUT2D eigenvalue weighted by Gasteiger charge is -2.25. The van der Waals surface area contributed by atoms with Crippen LogP contribution in [0.25, 0.3) is 28.5 Å². The second kappa shape index (κ2) is 7.37. The van der Waals surface area contributed by atoms with Crippen molar-refractivity contribution in [1.29, 1.82) is 0 Å². The maximum atomic E-state index is 4.41. The maximum Gasteiger partial charge on any atom is 0.0918 e. The topological polar surface area (TPSA) is 72.6 Å². The summed E-state index contributed by atoms with van der Waals surface area (Å²) in [6, 6.07) is 13.2. The van der Waals surface area contributed by atoms with Gasteiger partial charge in [-0.15, -0.1) is 5.10 Å². The Balaban J connectivity index is 1.47. The number of benzene rings is 2. The van der Waals surface area contributed by atoms with Crippen molar-refractivity contribution in [3.8, 4) is 22.4 Å². The zero-order valence-electron chi connectivity index (χ0n) is 18.2. The van der Waals surface area contributed by atoms with Gasteiger partial charge in [-0.25, -0.2) is 4.68 Å². The first-order valence-electron chi connectivity index (χ1n) is 11.0. The molecule has 0 bridgehead atoms. The van der Waals surface area contributed by atoms with Gasteiger partial charge in [-0.3, -0.25) is 4.68 Å². The molecule has 2 aliphatic heterocycles. The van der Waals surface area contributed by atoms with Gasteiger partial charge in [-0.1, -0.05) is 41.6 Å². The Morgan fingerprint density at radius 3 is 2.97 bits per heavy atom. The van der Waals surface area contributed by atoms with Crippen LogP contribution in [0.15, 0.2) is 54.9 Å². The van der Waals surface area contributed by atoms with E-state index in [0.717, 1.165) is 42.1 Å². The summed E-state index contributed by atoms with van der Waals surface area (Å²) < 4.78 is 3.89.